The fraction of sp³-hybridized carbons (Fsp3) is 0.500. The second-order valence-electron chi connectivity index (χ2n) is 4.20. The van der Waals surface area contributed by atoms with Crippen molar-refractivity contribution in [2.75, 3.05) is 13.2 Å². The highest BCUT2D eigenvalue weighted by molar-refractivity contribution is 5.77. The lowest BCUT2D eigenvalue weighted by molar-refractivity contribution is -0.126. The molecular formula is C14H21NO2. The van der Waals surface area contributed by atoms with Crippen molar-refractivity contribution in [2.24, 2.45) is 0 Å². The third-order valence-corrected chi connectivity index (χ3v) is 2.61. The molecule has 0 unspecified atom stereocenters. The van der Waals surface area contributed by atoms with E-state index >= 15 is 0 Å². The van der Waals surface area contributed by atoms with Crippen molar-refractivity contribution in [1.29, 1.82) is 0 Å². The van der Waals surface area contributed by atoms with Gasteiger partial charge in [-0.05, 0) is 31.4 Å². The quantitative estimate of drug-likeness (QED) is 0.770. The Morgan fingerprint density at radius 3 is 2.76 bits per heavy atom. The number of aryl methyl sites for hydroxylation is 1. The Bertz CT molecular complexity index is 363. The molecule has 0 bridgehead atoms. The van der Waals surface area contributed by atoms with Gasteiger partial charge in [-0.1, -0.05) is 31.2 Å². The molecule has 1 rings (SSSR count). The molecule has 94 valence electrons. The summed E-state index contributed by atoms with van der Waals surface area (Å²) in [7, 11) is 0. The molecule has 0 saturated carbocycles. The minimum atomic E-state index is -0.0609. The Morgan fingerprint density at radius 2 is 2.12 bits per heavy atom. The van der Waals surface area contributed by atoms with Gasteiger partial charge in [-0.15, -0.1) is 0 Å². The summed E-state index contributed by atoms with van der Waals surface area (Å²) in [6.45, 7) is 6.83. The van der Waals surface area contributed by atoms with Gasteiger partial charge < -0.3 is 10.1 Å². The van der Waals surface area contributed by atoms with Crippen LogP contribution in [0, 0.1) is 6.92 Å². The highest BCUT2D eigenvalue weighted by Crippen LogP contribution is 2.16. The van der Waals surface area contributed by atoms with E-state index in [2.05, 4.69) is 5.32 Å². The molecule has 0 aliphatic carbocycles. The maximum atomic E-state index is 11.6. The van der Waals surface area contributed by atoms with Gasteiger partial charge in [0.1, 0.15) is 6.61 Å². The maximum absolute atomic E-state index is 11.6. The van der Waals surface area contributed by atoms with Crippen LogP contribution < -0.4 is 5.32 Å². The van der Waals surface area contributed by atoms with Gasteiger partial charge in [0.25, 0.3) is 0 Å². The van der Waals surface area contributed by atoms with Gasteiger partial charge in [0.15, 0.2) is 0 Å². The third-order valence-electron chi connectivity index (χ3n) is 2.61. The zero-order valence-electron chi connectivity index (χ0n) is 10.8. The second kappa shape index (κ2) is 7.07. The van der Waals surface area contributed by atoms with Gasteiger partial charge in [-0.2, -0.15) is 0 Å². The zero-order valence-corrected chi connectivity index (χ0v) is 10.8. The number of carbonyl (C=O) groups excluding carboxylic acids is 1. The van der Waals surface area contributed by atoms with Gasteiger partial charge in [-0.3, -0.25) is 4.79 Å². The molecule has 1 atom stereocenters. The summed E-state index contributed by atoms with van der Waals surface area (Å²) in [5, 5.41) is 2.93. The van der Waals surface area contributed by atoms with Crippen LogP contribution in [0.25, 0.3) is 0 Å². The van der Waals surface area contributed by atoms with Crippen LogP contribution in [0.4, 0.5) is 0 Å². The van der Waals surface area contributed by atoms with E-state index in [1.807, 2.05) is 45.0 Å². The number of hydrogen-bond acceptors (Lipinski definition) is 2. The molecule has 1 amide bonds. The Balaban J connectivity index is 2.46. The minimum absolute atomic E-state index is 0.0222. The van der Waals surface area contributed by atoms with Gasteiger partial charge in [-0.25, -0.2) is 0 Å². The van der Waals surface area contributed by atoms with E-state index in [9.17, 15) is 4.79 Å². The van der Waals surface area contributed by atoms with Crippen LogP contribution in [0.3, 0.4) is 0 Å². The van der Waals surface area contributed by atoms with E-state index in [4.69, 9.17) is 4.74 Å². The Labute approximate surface area is 103 Å². The molecule has 0 spiro atoms. The molecule has 0 aliphatic rings. The fourth-order valence-electron chi connectivity index (χ4n) is 1.74. The van der Waals surface area contributed by atoms with Crippen molar-refractivity contribution in [1.82, 2.24) is 5.32 Å². The number of hydrogen-bond donors (Lipinski definition) is 1. The zero-order chi connectivity index (χ0) is 12.7. The summed E-state index contributed by atoms with van der Waals surface area (Å²) in [6, 6.07) is 8.09. The van der Waals surface area contributed by atoms with Crippen LogP contribution >= 0.6 is 0 Å². The number of benzene rings is 1. The van der Waals surface area contributed by atoms with E-state index in [1.54, 1.807) is 0 Å². The number of amides is 1. The number of nitrogens with one attached hydrogen (secondary N) is 1. The molecule has 0 heterocycles. The lowest BCUT2D eigenvalue weighted by atomic mass is 10.0. The number of rotatable bonds is 6. The lowest BCUT2D eigenvalue weighted by Gasteiger charge is -2.16. The fourth-order valence-corrected chi connectivity index (χ4v) is 1.74. The second-order valence-corrected chi connectivity index (χ2v) is 4.20. The molecule has 1 aromatic rings. The SMILES string of the molecule is CCCOCC(=O)N[C@@H](C)c1ccccc1C. The summed E-state index contributed by atoms with van der Waals surface area (Å²) in [4.78, 5) is 11.6. The van der Waals surface area contributed by atoms with E-state index in [0.29, 0.717) is 6.61 Å². The molecule has 1 N–H and O–H groups in total. The Morgan fingerprint density at radius 1 is 1.41 bits per heavy atom. The molecule has 0 radical (unpaired) electrons. The summed E-state index contributed by atoms with van der Waals surface area (Å²) < 4.78 is 5.20. The molecule has 3 nitrogen and oxygen atoms in total. The Kier molecular flexibility index (Phi) is 5.70. The van der Waals surface area contributed by atoms with Gasteiger partial charge in [0.2, 0.25) is 5.91 Å². The van der Waals surface area contributed by atoms with Crippen LogP contribution in [0.15, 0.2) is 24.3 Å². The summed E-state index contributed by atoms with van der Waals surface area (Å²) in [5.41, 5.74) is 2.34. The molecule has 0 aromatic heterocycles. The van der Waals surface area contributed by atoms with Crippen LogP contribution in [0.1, 0.15) is 37.4 Å². The summed E-state index contributed by atoms with van der Waals surface area (Å²) in [6.07, 6.45) is 0.931. The average Bonchev–Trinajstić information content (AvgIpc) is 2.29. The van der Waals surface area contributed by atoms with Gasteiger partial charge in [0, 0.05) is 6.61 Å². The molecule has 1 aromatic carbocycles. The average molecular weight is 235 g/mol. The maximum Gasteiger partial charge on any atom is 0.246 e. The van der Waals surface area contributed by atoms with Crippen LogP contribution in [-0.4, -0.2) is 19.1 Å². The van der Waals surface area contributed by atoms with Gasteiger partial charge >= 0.3 is 0 Å². The largest absolute Gasteiger partial charge is 0.372 e. The summed E-state index contributed by atoms with van der Waals surface area (Å²) >= 11 is 0. The van der Waals surface area contributed by atoms with E-state index in [0.717, 1.165) is 12.0 Å². The standard InChI is InChI=1S/C14H21NO2/c1-4-9-17-10-14(16)15-12(3)13-8-6-5-7-11(13)2/h5-8,12H,4,9-10H2,1-3H3,(H,15,16)/t12-/m0/s1. The molecule has 0 saturated heterocycles. The molecule has 17 heavy (non-hydrogen) atoms. The topological polar surface area (TPSA) is 38.3 Å². The normalized spacial score (nSPS) is 12.2. The van der Waals surface area contributed by atoms with E-state index < -0.39 is 0 Å². The first-order chi connectivity index (χ1) is 8.15. The first kappa shape index (κ1) is 13.7. The van der Waals surface area contributed by atoms with Crippen molar-refractivity contribution < 1.29 is 9.53 Å². The van der Waals surface area contributed by atoms with E-state index in [1.165, 1.54) is 5.56 Å². The van der Waals surface area contributed by atoms with Crippen molar-refractivity contribution in [3.63, 3.8) is 0 Å². The Hall–Kier alpha value is -1.35. The lowest BCUT2D eigenvalue weighted by Crippen LogP contribution is -2.30. The number of ether oxygens (including phenoxy) is 1. The first-order valence-electron chi connectivity index (χ1n) is 6.07. The minimum Gasteiger partial charge on any atom is -0.372 e. The highest BCUT2D eigenvalue weighted by Gasteiger charge is 2.10. The van der Waals surface area contributed by atoms with Crippen LogP contribution in [0.2, 0.25) is 0 Å². The highest BCUT2D eigenvalue weighted by atomic mass is 16.5. The van der Waals surface area contributed by atoms with E-state index in [-0.39, 0.29) is 18.6 Å². The van der Waals surface area contributed by atoms with Crippen molar-refractivity contribution in [3.8, 4) is 0 Å². The molecule has 3 heteroatoms. The van der Waals surface area contributed by atoms with Crippen LogP contribution in [-0.2, 0) is 9.53 Å². The molecular weight excluding hydrogens is 214 g/mol. The predicted octanol–water partition coefficient (Wildman–Crippen LogP) is 2.60. The van der Waals surface area contributed by atoms with Crippen molar-refractivity contribution in [2.45, 2.75) is 33.2 Å². The predicted molar refractivity (Wildman–Crippen MR) is 68.8 cm³/mol. The van der Waals surface area contributed by atoms with Gasteiger partial charge in [0.05, 0.1) is 6.04 Å². The van der Waals surface area contributed by atoms with Crippen molar-refractivity contribution in [3.05, 3.63) is 35.4 Å². The van der Waals surface area contributed by atoms with Crippen molar-refractivity contribution >= 4 is 5.91 Å². The first-order valence-corrected chi connectivity index (χ1v) is 6.07. The summed E-state index contributed by atoms with van der Waals surface area (Å²) in [5.74, 6) is -0.0609. The third kappa shape index (κ3) is 4.57. The molecule has 0 fully saturated rings. The molecule has 0 aliphatic heterocycles. The monoisotopic (exact) mass is 235 g/mol. The van der Waals surface area contributed by atoms with Crippen LogP contribution in [0.5, 0.6) is 0 Å². The number of carbonyl (C=O) groups is 1. The smallest absolute Gasteiger partial charge is 0.246 e.